The summed E-state index contributed by atoms with van der Waals surface area (Å²) in [6.07, 6.45) is 0.723. The Morgan fingerprint density at radius 2 is 1.83 bits per heavy atom. The fourth-order valence-electron chi connectivity index (χ4n) is 3.41. The van der Waals surface area contributed by atoms with E-state index in [1.165, 1.54) is 18.2 Å². The van der Waals surface area contributed by atoms with Crippen LogP contribution in [-0.2, 0) is 19.5 Å². The van der Waals surface area contributed by atoms with Gasteiger partial charge in [-0.3, -0.25) is 14.3 Å². The maximum absolute atomic E-state index is 13.4. The molecule has 3 aromatic rings. The van der Waals surface area contributed by atoms with Crippen LogP contribution in [0.4, 0.5) is 4.39 Å². The molecule has 0 saturated heterocycles. The lowest BCUT2D eigenvalue weighted by Crippen LogP contribution is -2.39. The predicted molar refractivity (Wildman–Crippen MR) is 106 cm³/mol. The number of fused-ring (bicyclic) bond motifs is 1. The second-order valence-electron chi connectivity index (χ2n) is 6.99. The number of amides is 2. The van der Waals surface area contributed by atoms with Gasteiger partial charge >= 0.3 is 0 Å². The Bertz CT molecular complexity index is 1030. The quantitative estimate of drug-likeness (QED) is 0.701. The summed E-state index contributed by atoms with van der Waals surface area (Å²) in [5.74, 6) is -0.838. The highest BCUT2D eigenvalue weighted by molar-refractivity contribution is 5.98. The average Bonchev–Trinajstić information content (AvgIpc) is 3.16. The Kier molecular flexibility index (Phi) is 5.37. The standard InChI is InChI=1S/C22H21FN4O2/c23-18-8-4-7-17(13-18)15-26-11-12-27-20(22(26)29)14-19(25-27)21(28)24-10-9-16-5-2-1-3-6-16/h1-8,13-14H,9-12,15H2,(H,24,28). The van der Waals surface area contributed by atoms with Crippen molar-refractivity contribution in [3.63, 3.8) is 0 Å². The first-order chi connectivity index (χ1) is 14.1. The van der Waals surface area contributed by atoms with E-state index in [1.807, 2.05) is 30.3 Å². The van der Waals surface area contributed by atoms with Gasteiger partial charge in [-0.2, -0.15) is 5.10 Å². The van der Waals surface area contributed by atoms with Crippen LogP contribution in [0, 0.1) is 5.82 Å². The molecule has 148 valence electrons. The van der Waals surface area contributed by atoms with Crippen LogP contribution in [0.1, 0.15) is 32.1 Å². The lowest BCUT2D eigenvalue weighted by molar-refractivity contribution is 0.0683. The molecule has 7 heteroatoms. The molecule has 2 heterocycles. The van der Waals surface area contributed by atoms with Crippen LogP contribution in [0.5, 0.6) is 0 Å². The minimum absolute atomic E-state index is 0.212. The highest BCUT2D eigenvalue weighted by atomic mass is 19.1. The number of nitrogens with zero attached hydrogens (tertiary/aromatic N) is 3. The zero-order valence-electron chi connectivity index (χ0n) is 15.8. The van der Waals surface area contributed by atoms with Gasteiger partial charge in [0.2, 0.25) is 0 Å². The first-order valence-corrected chi connectivity index (χ1v) is 9.54. The number of nitrogens with one attached hydrogen (secondary N) is 1. The molecule has 0 radical (unpaired) electrons. The summed E-state index contributed by atoms with van der Waals surface area (Å²) in [4.78, 5) is 26.8. The SMILES string of the molecule is O=C(NCCc1ccccc1)c1cc2n(n1)CCN(Cc1cccc(F)c1)C2=O. The lowest BCUT2D eigenvalue weighted by atomic mass is 10.1. The van der Waals surface area contributed by atoms with E-state index >= 15 is 0 Å². The summed E-state index contributed by atoms with van der Waals surface area (Å²) in [6.45, 7) is 1.76. The number of benzene rings is 2. The molecule has 0 bridgehead atoms. The molecule has 1 aromatic heterocycles. The molecular weight excluding hydrogens is 371 g/mol. The van der Waals surface area contributed by atoms with Gasteiger partial charge in [-0.25, -0.2) is 4.39 Å². The summed E-state index contributed by atoms with van der Waals surface area (Å²) in [6, 6.07) is 17.6. The summed E-state index contributed by atoms with van der Waals surface area (Å²) in [5, 5.41) is 7.13. The molecule has 4 rings (SSSR count). The maximum atomic E-state index is 13.4. The topological polar surface area (TPSA) is 67.2 Å². The Balaban J connectivity index is 1.39. The number of carbonyl (C=O) groups is 2. The average molecular weight is 392 g/mol. The Hall–Kier alpha value is -3.48. The van der Waals surface area contributed by atoms with Crippen molar-refractivity contribution in [2.24, 2.45) is 0 Å². The van der Waals surface area contributed by atoms with Gasteiger partial charge in [0.25, 0.3) is 11.8 Å². The molecule has 0 saturated carbocycles. The second-order valence-corrected chi connectivity index (χ2v) is 6.99. The third-order valence-electron chi connectivity index (χ3n) is 4.91. The molecule has 6 nitrogen and oxygen atoms in total. The van der Waals surface area contributed by atoms with Gasteiger partial charge in [0, 0.05) is 25.7 Å². The van der Waals surface area contributed by atoms with Crippen LogP contribution in [0.15, 0.2) is 60.7 Å². The zero-order valence-corrected chi connectivity index (χ0v) is 15.8. The molecule has 2 aromatic carbocycles. The van der Waals surface area contributed by atoms with Crippen LogP contribution >= 0.6 is 0 Å². The monoisotopic (exact) mass is 392 g/mol. The molecule has 1 aliphatic rings. The summed E-state index contributed by atoms with van der Waals surface area (Å²) in [7, 11) is 0. The van der Waals surface area contributed by atoms with Gasteiger partial charge in [-0.1, -0.05) is 42.5 Å². The number of aromatic nitrogens is 2. The minimum atomic E-state index is -0.327. The van der Waals surface area contributed by atoms with Crippen molar-refractivity contribution in [2.75, 3.05) is 13.1 Å². The predicted octanol–water partition coefficient (Wildman–Crippen LogP) is 2.65. The van der Waals surface area contributed by atoms with E-state index in [-0.39, 0.29) is 23.3 Å². The van der Waals surface area contributed by atoms with Crippen molar-refractivity contribution >= 4 is 11.8 Å². The highest BCUT2D eigenvalue weighted by Crippen LogP contribution is 2.17. The number of halogens is 1. The third-order valence-corrected chi connectivity index (χ3v) is 4.91. The Morgan fingerprint density at radius 3 is 2.62 bits per heavy atom. The van der Waals surface area contributed by atoms with Crippen molar-refractivity contribution in [3.05, 3.63) is 89.0 Å². The number of carbonyl (C=O) groups excluding carboxylic acids is 2. The molecular formula is C22H21FN4O2. The van der Waals surface area contributed by atoms with E-state index in [4.69, 9.17) is 0 Å². The van der Waals surface area contributed by atoms with Gasteiger partial charge in [-0.05, 0) is 29.7 Å². The van der Waals surface area contributed by atoms with E-state index < -0.39 is 0 Å². The van der Waals surface area contributed by atoms with Gasteiger partial charge < -0.3 is 10.2 Å². The van der Waals surface area contributed by atoms with Gasteiger partial charge in [-0.15, -0.1) is 0 Å². The van der Waals surface area contributed by atoms with Gasteiger partial charge in [0.15, 0.2) is 5.69 Å². The molecule has 0 unspecified atom stereocenters. The van der Waals surface area contributed by atoms with Crippen LogP contribution in [0.2, 0.25) is 0 Å². The van der Waals surface area contributed by atoms with Crippen molar-refractivity contribution in [1.29, 1.82) is 0 Å². The fraction of sp³-hybridized carbons (Fsp3) is 0.227. The Morgan fingerprint density at radius 1 is 1.03 bits per heavy atom. The summed E-state index contributed by atoms with van der Waals surface area (Å²) < 4.78 is 15.0. The first kappa shape index (κ1) is 18.9. The molecule has 0 aliphatic carbocycles. The molecule has 1 N–H and O–H groups in total. The van der Waals surface area contributed by atoms with Crippen LogP contribution < -0.4 is 5.32 Å². The van der Waals surface area contributed by atoms with Crippen LogP contribution in [0.25, 0.3) is 0 Å². The molecule has 0 spiro atoms. The van der Waals surface area contributed by atoms with E-state index in [0.717, 1.165) is 17.5 Å². The van der Waals surface area contributed by atoms with Crippen molar-refractivity contribution < 1.29 is 14.0 Å². The molecule has 1 aliphatic heterocycles. The molecule has 0 fully saturated rings. The third kappa shape index (κ3) is 4.34. The molecule has 2 amide bonds. The van der Waals surface area contributed by atoms with E-state index in [2.05, 4.69) is 10.4 Å². The molecule has 0 atom stereocenters. The fourth-order valence-corrected chi connectivity index (χ4v) is 3.41. The smallest absolute Gasteiger partial charge is 0.272 e. The van der Waals surface area contributed by atoms with Crippen molar-refractivity contribution in [1.82, 2.24) is 20.0 Å². The van der Waals surface area contributed by atoms with Crippen LogP contribution in [0.3, 0.4) is 0 Å². The minimum Gasteiger partial charge on any atom is -0.350 e. The van der Waals surface area contributed by atoms with E-state index in [1.54, 1.807) is 21.7 Å². The number of hydrogen-bond acceptors (Lipinski definition) is 3. The van der Waals surface area contributed by atoms with E-state index in [9.17, 15) is 14.0 Å². The summed E-state index contributed by atoms with van der Waals surface area (Å²) in [5.41, 5.74) is 2.47. The largest absolute Gasteiger partial charge is 0.350 e. The normalized spacial score (nSPS) is 13.3. The lowest BCUT2D eigenvalue weighted by Gasteiger charge is -2.27. The Labute approximate surface area is 167 Å². The number of hydrogen-bond donors (Lipinski definition) is 1. The number of rotatable bonds is 6. The van der Waals surface area contributed by atoms with Gasteiger partial charge in [0.05, 0.1) is 6.54 Å². The van der Waals surface area contributed by atoms with Crippen molar-refractivity contribution in [2.45, 2.75) is 19.5 Å². The van der Waals surface area contributed by atoms with Crippen molar-refractivity contribution in [3.8, 4) is 0 Å². The summed E-state index contributed by atoms with van der Waals surface area (Å²) >= 11 is 0. The van der Waals surface area contributed by atoms with E-state index in [0.29, 0.717) is 31.9 Å². The second kappa shape index (κ2) is 8.26. The zero-order chi connectivity index (χ0) is 20.2. The highest BCUT2D eigenvalue weighted by Gasteiger charge is 2.27. The first-order valence-electron chi connectivity index (χ1n) is 9.54. The maximum Gasteiger partial charge on any atom is 0.272 e. The molecule has 29 heavy (non-hydrogen) atoms. The van der Waals surface area contributed by atoms with Gasteiger partial charge in [0.1, 0.15) is 11.5 Å². The van der Waals surface area contributed by atoms with Crippen LogP contribution in [-0.4, -0.2) is 39.6 Å².